The highest BCUT2D eigenvalue weighted by Gasteiger charge is 2.12. The van der Waals surface area contributed by atoms with E-state index in [0.717, 1.165) is 40.0 Å². The second-order valence-electron chi connectivity index (χ2n) is 5.54. The van der Waals surface area contributed by atoms with Crippen LogP contribution in [0.4, 0.5) is 0 Å². The van der Waals surface area contributed by atoms with E-state index < -0.39 is 0 Å². The first kappa shape index (κ1) is 16.9. The molecule has 0 fully saturated rings. The molecule has 4 aromatic rings. The largest absolute Gasteiger partial charge is 0.339 e. The fourth-order valence-electron chi connectivity index (χ4n) is 2.44. The summed E-state index contributed by atoms with van der Waals surface area (Å²) in [5.74, 6) is 3.08. The maximum Gasteiger partial charge on any atom is 0.227 e. The van der Waals surface area contributed by atoms with E-state index in [2.05, 4.69) is 25.3 Å². The molecule has 4 heterocycles. The fourth-order valence-corrected chi connectivity index (χ4v) is 3.94. The van der Waals surface area contributed by atoms with E-state index in [-0.39, 0.29) is 0 Å². The SMILES string of the molecule is Cn1c(SCCCc2nc(-c3cccs3)no2)nnc1-c1ccncc1. The summed E-state index contributed by atoms with van der Waals surface area (Å²) in [6.45, 7) is 0. The van der Waals surface area contributed by atoms with Crippen LogP contribution in [0.25, 0.3) is 22.1 Å². The van der Waals surface area contributed by atoms with Crippen molar-refractivity contribution in [2.45, 2.75) is 18.0 Å². The first-order valence-electron chi connectivity index (χ1n) is 8.10. The van der Waals surface area contributed by atoms with Crippen LogP contribution in [0.5, 0.6) is 0 Å². The van der Waals surface area contributed by atoms with Crippen molar-refractivity contribution in [3.63, 3.8) is 0 Å². The molecule has 0 saturated carbocycles. The zero-order chi connectivity index (χ0) is 17.8. The molecule has 4 aromatic heterocycles. The van der Waals surface area contributed by atoms with Crippen LogP contribution in [-0.4, -0.2) is 35.6 Å². The van der Waals surface area contributed by atoms with Crippen molar-refractivity contribution in [3.05, 3.63) is 47.9 Å². The molecule has 0 atom stereocenters. The highest BCUT2D eigenvalue weighted by molar-refractivity contribution is 7.99. The van der Waals surface area contributed by atoms with Crippen LogP contribution in [0.15, 0.2) is 51.7 Å². The van der Waals surface area contributed by atoms with Crippen molar-refractivity contribution in [2.24, 2.45) is 7.05 Å². The van der Waals surface area contributed by atoms with Crippen LogP contribution in [0.1, 0.15) is 12.3 Å². The van der Waals surface area contributed by atoms with E-state index in [1.807, 2.05) is 41.3 Å². The van der Waals surface area contributed by atoms with Crippen molar-refractivity contribution in [3.8, 4) is 22.1 Å². The van der Waals surface area contributed by atoms with Crippen LogP contribution < -0.4 is 0 Å². The molecule has 0 radical (unpaired) electrons. The predicted octanol–water partition coefficient (Wildman–Crippen LogP) is 3.71. The third kappa shape index (κ3) is 3.68. The monoisotopic (exact) mass is 384 g/mol. The summed E-state index contributed by atoms with van der Waals surface area (Å²) in [6.07, 6.45) is 5.19. The number of rotatable bonds is 7. The molecule has 0 bridgehead atoms. The quantitative estimate of drug-likeness (QED) is 0.355. The molecule has 26 heavy (non-hydrogen) atoms. The number of hydrogen-bond donors (Lipinski definition) is 0. The normalized spacial score (nSPS) is 11.1. The Balaban J connectivity index is 1.31. The van der Waals surface area contributed by atoms with Crippen molar-refractivity contribution >= 4 is 23.1 Å². The Kier molecular flexibility index (Phi) is 5.07. The summed E-state index contributed by atoms with van der Waals surface area (Å²) < 4.78 is 7.33. The zero-order valence-corrected chi connectivity index (χ0v) is 15.7. The lowest BCUT2D eigenvalue weighted by molar-refractivity contribution is 0.378. The Hall–Kier alpha value is -2.52. The standard InChI is InChI=1S/C17H16N6OS2/c1-23-16(12-6-8-18-9-7-12)20-21-17(23)26-11-3-5-14-19-15(22-24-14)13-4-2-10-25-13/h2,4,6-10H,3,5,11H2,1H3. The van der Waals surface area contributed by atoms with Crippen LogP contribution in [0, 0.1) is 0 Å². The second kappa shape index (κ2) is 7.79. The Morgan fingerprint density at radius 1 is 1.19 bits per heavy atom. The molecule has 0 aromatic carbocycles. The van der Waals surface area contributed by atoms with Gasteiger partial charge in [0.05, 0.1) is 4.88 Å². The summed E-state index contributed by atoms with van der Waals surface area (Å²) in [7, 11) is 1.98. The van der Waals surface area contributed by atoms with Gasteiger partial charge >= 0.3 is 0 Å². The maximum atomic E-state index is 5.32. The molecule has 0 aliphatic carbocycles. The van der Waals surface area contributed by atoms with Crippen molar-refractivity contribution in [1.29, 1.82) is 0 Å². The zero-order valence-electron chi connectivity index (χ0n) is 14.1. The molecule has 4 rings (SSSR count). The second-order valence-corrected chi connectivity index (χ2v) is 7.55. The Morgan fingerprint density at radius 2 is 2.08 bits per heavy atom. The van der Waals surface area contributed by atoms with Gasteiger partial charge < -0.3 is 9.09 Å². The van der Waals surface area contributed by atoms with E-state index >= 15 is 0 Å². The van der Waals surface area contributed by atoms with Gasteiger partial charge in [-0.3, -0.25) is 4.98 Å². The van der Waals surface area contributed by atoms with Crippen molar-refractivity contribution < 1.29 is 4.52 Å². The van der Waals surface area contributed by atoms with Gasteiger partial charge in [-0.1, -0.05) is 23.0 Å². The summed E-state index contributed by atoms with van der Waals surface area (Å²) >= 11 is 3.28. The van der Waals surface area contributed by atoms with E-state index in [9.17, 15) is 0 Å². The molecule has 0 N–H and O–H groups in total. The lowest BCUT2D eigenvalue weighted by Crippen LogP contribution is -1.96. The van der Waals surface area contributed by atoms with Crippen LogP contribution >= 0.6 is 23.1 Å². The minimum atomic E-state index is 0.665. The first-order valence-corrected chi connectivity index (χ1v) is 9.97. The molecule has 0 aliphatic rings. The number of thioether (sulfide) groups is 1. The molecule has 0 amide bonds. The van der Waals surface area contributed by atoms with Gasteiger partial charge in [0.15, 0.2) is 11.0 Å². The molecular formula is C17H16N6OS2. The number of thiophene rings is 1. The van der Waals surface area contributed by atoms with Gasteiger partial charge in [0, 0.05) is 37.2 Å². The third-order valence-electron chi connectivity index (χ3n) is 3.75. The van der Waals surface area contributed by atoms with Crippen molar-refractivity contribution in [2.75, 3.05) is 5.75 Å². The van der Waals surface area contributed by atoms with E-state index in [1.165, 1.54) is 0 Å². The van der Waals surface area contributed by atoms with Crippen molar-refractivity contribution in [1.82, 2.24) is 29.9 Å². The molecule has 0 spiro atoms. The van der Waals surface area contributed by atoms with Crippen LogP contribution in [0.2, 0.25) is 0 Å². The summed E-state index contributed by atoms with van der Waals surface area (Å²) in [6, 6.07) is 7.83. The topological polar surface area (TPSA) is 82.5 Å². The Morgan fingerprint density at radius 3 is 2.88 bits per heavy atom. The smallest absolute Gasteiger partial charge is 0.227 e. The minimum Gasteiger partial charge on any atom is -0.339 e. The molecule has 7 nitrogen and oxygen atoms in total. The highest BCUT2D eigenvalue weighted by Crippen LogP contribution is 2.24. The lowest BCUT2D eigenvalue weighted by Gasteiger charge is -2.03. The van der Waals surface area contributed by atoms with Gasteiger partial charge in [-0.15, -0.1) is 21.5 Å². The number of aryl methyl sites for hydroxylation is 1. The summed E-state index contributed by atoms with van der Waals surface area (Å²) in [5, 5.41) is 15.5. The number of hydrogen-bond acceptors (Lipinski definition) is 8. The summed E-state index contributed by atoms with van der Waals surface area (Å²) in [5.41, 5.74) is 1.01. The van der Waals surface area contributed by atoms with Gasteiger partial charge in [-0.05, 0) is 30.0 Å². The number of aromatic nitrogens is 6. The van der Waals surface area contributed by atoms with E-state index in [4.69, 9.17) is 4.52 Å². The average molecular weight is 384 g/mol. The summed E-state index contributed by atoms with van der Waals surface area (Å²) in [4.78, 5) is 9.50. The van der Waals surface area contributed by atoms with Gasteiger partial charge in [0.2, 0.25) is 11.7 Å². The third-order valence-corrected chi connectivity index (χ3v) is 5.72. The lowest BCUT2D eigenvalue weighted by atomic mass is 10.2. The predicted molar refractivity (Wildman–Crippen MR) is 101 cm³/mol. The molecule has 0 unspecified atom stereocenters. The van der Waals surface area contributed by atoms with Gasteiger partial charge in [-0.2, -0.15) is 4.98 Å². The molecule has 132 valence electrons. The van der Waals surface area contributed by atoms with E-state index in [1.54, 1.807) is 35.5 Å². The minimum absolute atomic E-state index is 0.665. The van der Waals surface area contributed by atoms with Gasteiger partial charge in [0.25, 0.3) is 0 Å². The molecule has 0 aliphatic heterocycles. The van der Waals surface area contributed by atoms with E-state index in [0.29, 0.717) is 11.7 Å². The number of nitrogens with zero attached hydrogens (tertiary/aromatic N) is 6. The molecule has 9 heteroatoms. The van der Waals surface area contributed by atoms with Crippen LogP contribution in [-0.2, 0) is 13.5 Å². The highest BCUT2D eigenvalue weighted by atomic mass is 32.2. The fraction of sp³-hybridized carbons (Fsp3) is 0.235. The van der Waals surface area contributed by atoms with Crippen LogP contribution in [0.3, 0.4) is 0 Å². The van der Waals surface area contributed by atoms with Gasteiger partial charge in [0.1, 0.15) is 0 Å². The first-order chi connectivity index (χ1) is 12.8. The molecule has 0 saturated heterocycles. The average Bonchev–Trinajstić information content (AvgIpc) is 3.41. The Labute approximate surface area is 158 Å². The molecular weight excluding hydrogens is 368 g/mol. The van der Waals surface area contributed by atoms with Gasteiger partial charge in [-0.25, -0.2) is 0 Å². The maximum absolute atomic E-state index is 5.32. The Bertz CT molecular complexity index is 964. The number of pyridine rings is 1.